The fourth-order valence-electron chi connectivity index (χ4n) is 2.63. The molecular formula is C21H17BN4. The number of hydrogen-bond acceptors (Lipinski definition) is 4. The molecule has 0 aliphatic heterocycles. The van der Waals surface area contributed by atoms with Crippen molar-refractivity contribution in [1.82, 2.24) is 15.0 Å². The summed E-state index contributed by atoms with van der Waals surface area (Å²) in [5.74, 6) is 1.82. The van der Waals surface area contributed by atoms with Crippen LogP contribution in [-0.4, -0.2) is 22.8 Å². The molecule has 4 aromatic rings. The highest BCUT2D eigenvalue weighted by atomic mass is 15.2. The van der Waals surface area contributed by atoms with Crippen LogP contribution >= 0.6 is 0 Å². The molecule has 1 aromatic heterocycles. The average Bonchev–Trinajstić information content (AvgIpc) is 2.71. The summed E-state index contributed by atoms with van der Waals surface area (Å²) >= 11 is 0. The van der Waals surface area contributed by atoms with E-state index in [1.165, 1.54) is 5.46 Å². The van der Waals surface area contributed by atoms with Gasteiger partial charge in [0.1, 0.15) is 7.85 Å². The summed E-state index contributed by atoms with van der Waals surface area (Å²) in [7, 11) is 2.06. The molecule has 4 rings (SSSR count). The Morgan fingerprint density at radius 2 is 1.08 bits per heavy atom. The van der Waals surface area contributed by atoms with Crippen LogP contribution in [0.15, 0.2) is 84.9 Å². The predicted molar refractivity (Wildman–Crippen MR) is 109 cm³/mol. The first kappa shape index (κ1) is 16.0. The Balaban J connectivity index is 1.78. The maximum atomic E-state index is 4.67. The third-order valence-electron chi connectivity index (χ3n) is 4.01. The first-order chi connectivity index (χ1) is 12.8. The number of nitrogens with one attached hydrogen (secondary N) is 1. The van der Waals surface area contributed by atoms with Crippen molar-refractivity contribution in [3.8, 4) is 22.8 Å². The van der Waals surface area contributed by atoms with Crippen LogP contribution in [0, 0.1) is 0 Å². The van der Waals surface area contributed by atoms with Gasteiger partial charge in [-0.15, -0.1) is 0 Å². The normalized spacial score (nSPS) is 10.5. The van der Waals surface area contributed by atoms with Crippen LogP contribution in [0.25, 0.3) is 22.8 Å². The van der Waals surface area contributed by atoms with Crippen molar-refractivity contribution < 1.29 is 0 Å². The zero-order valence-corrected chi connectivity index (χ0v) is 14.4. The molecule has 3 aromatic carbocycles. The minimum Gasteiger partial charge on any atom is -0.324 e. The van der Waals surface area contributed by atoms with Crippen LogP contribution in [0.2, 0.25) is 0 Å². The second-order valence-corrected chi connectivity index (χ2v) is 6.03. The molecule has 26 heavy (non-hydrogen) atoms. The quantitative estimate of drug-likeness (QED) is 0.582. The third-order valence-corrected chi connectivity index (χ3v) is 4.01. The highest BCUT2D eigenvalue weighted by Gasteiger charge is 2.10. The number of aromatic nitrogens is 3. The zero-order chi connectivity index (χ0) is 17.8. The molecule has 0 saturated heterocycles. The second-order valence-electron chi connectivity index (χ2n) is 6.03. The van der Waals surface area contributed by atoms with Gasteiger partial charge < -0.3 is 5.32 Å². The van der Waals surface area contributed by atoms with E-state index >= 15 is 0 Å². The average molecular weight is 336 g/mol. The summed E-state index contributed by atoms with van der Waals surface area (Å²) in [5.41, 5.74) is 4.07. The Bertz CT molecular complexity index is 945. The summed E-state index contributed by atoms with van der Waals surface area (Å²) in [6, 6.07) is 28.0. The Kier molecular flexibility index (Phi) is 4.43. The van der Waals surface area contributed by atoms with Gasteiger partial charge in [0.05, 0.1) is 0 Å². The molecule has 0 unspecified atom stereocenters. The molecule has 5 heteroatoms. The number of nitrogens with zero attached hydrogens (tertiary/aromatic N) is 3. The predicted octanol–water partition coefficient (Wildman–Crippen LogP) is 3.21. The van der Waals surface area contributed by atoms with Gasteiger partial charge in [-0.25, -0.2) is 4.98 Å². The fraction of sp³-hybridized carbons (Fsp3) is 0. The standard InChI is InChI=1S/C21H17BN4/c22-17-11-13-18(14-12-17)23-21-25-19(15-7-3-1-4-8-15)24-20(26-21)16-9-5-2-6-10-16/h1-14H,22H2,(H,23,24,25,26). The number of hydrogen-bond donors (Lipinski definition) is 1. The molecule has 1 N–H and O–H groups in total. The monoisotopic (exact) mass is 336 g/mol. The lowest BCUT2D eigenvalue weighted by Gasteiger charge is -2.10. The molecule has 0 fully saturated rings. The first-order valence-electron chi connectivity index (χ1n) is 8.48. The van der Waals surface area contributed by atoms with Gasteiger partial charge in [-0.1, -0.05) is 78.3 Å². The van der Waals surface area contributed by atoms with Crippen molar-refractivity contribution in [3.63, 3.8) is 0 Å². The minimum atomic E-state index is 0.529. The van der Waals surface area contributed by atoms with E-state index in [4.69, 9.17) is 0 Å². The van der Waals surface area contributed by atoms with Crippen LogP contribution in [0.4, 0.5) is 11.6 Å². The van der Waals surface area contributed by atoms with Gasteiger partial charge in [0.2, 0.25) is 5.95 Å². The van der Waals surface area contributed by atoms with E-state index in [2.05, 4.69) is 40.2 Å². The van der Waals surface area contributed by atoms with Crippen molar-refractivity contribution in [2.45, 2.75) is 0 Å². The molecule has 0 atom stereocenters. The number of benzene rings is 3. The van der Waals surface area contributed by atoms with Crippen molar-refractivity contribution in [2.24, 2.45) is 0 Å². The highest BCUT2D eigenvalue weighted by molar-refractivity contribution is 6.32. The van der Waals surface area contributed by atoms with Gasteiger partial charge in [0.25, 0.3) is 0 Å². The summed E-state index contributed by atoms with van der Waals surface area (Å²) in [5, 5.41) is 3.29. The lowest BCUT2D eigenvalue weighted by Crippen LogP contribution is -2.05. The van der Waals surface area contributed by atoms with Crippen molar-refractivity contribution in [2.75, 3.05) is 5.32 Å². The maximum absolute atomic E-state index is 4.67. The van der Waals surface area contributed by atoms with Gasteiger partial charge in [-0.05, 0) is 12.1 Å². The maximum Gasteiger partial charge on any atom is 0.231 e. The summed E-state index contributed by atoms with van der Waals surface area (Å²) in [4.78, 5) is 13.9. The summed E-state index contributed by atoms with van der Waals surface area (Å²) in [6.45, 7) is 0. The highest BCUT2D eigenvalue weighted by Crippen LogP contribution is 2.22. The van der Waals surface area contributed by atoms with Crippen molar-refractivity contribution >= 4 is 24.9 Å². The molecule has 0 radical (unpaired) electrons. The second kappa shape index (κ2) is 7.19. The van der Waals surface area contributed by atoms with Gasteiger partial charge >= 0.3 is 0 Å². The van der Waals surface area contributed by atoms with E-state index in [9.17, 15) is 0 Å². The van der Waals surface area contributed by atoms with Gasteiger partial charge in [-0.3, -0.25) is 0 Å². The fourth-order valence-corrected chi connectivity index (χ4v) is 2.63. The van der Waals surface area contributed by atoms with Crippen LogP contribution in [0.5, 0.6) is 0 Å². The van der Waals surface area contributed by atoms with E-state index in [0.29, 0.717) is 17.6 Å². The largest absolute Gasteiger partial charge is 0.324 e. The van der Waals surface area contributed by atoms with Gasteiger partial charge in [0.15, 0.2) is 11.6 Å². The molecule has 124 valence electrons. The topological polar surface area (TPSA) is 50.7 Å². The Morgan fingerprint density at radius 1 is 0.577 bits per heavy atom. The Labute approximate surface area is 153 Å². The molecular weight excluding hydrogens is 319 g/mol. The molecule has 0 aliphatic rings. The van der Waals surface area contributed by atoms with Crippen LogP contribution < -0.4 is 10.8 Å². The lowest BCUT2D eigenvalue weighted by molar-refractivity contribution is 1.07. The third kappa shape index (κ3) is 3.62. The summed E-state index contributed by atoms with van der Waals surface area (Å²) in [6.07, 6.45) is 0. The van der Waals surface area contributed by atoms with E-state index in [1.54, 1.807) is 0 Å². The molecule has 0 amide bonds. The zero-order valence-electron chi connectivity index (χ0n) is 14.4. The molecule has 1 heterocycles. The van der Waals surface area contributed by atoms with Crippen LogP contribution in [0.3, 0.4) is 0 Å². The van der Waals surface area contributed by atoms with Crippen molar-refractivity contribution in [3.05, 3.63) is 84.9 Å². The smallest absolute Gasteiger partial charge is 0.231 e. The van der Waals surface area contributed by atoms with Crippen LogP contribution in [-0.2, 0) is 0 Å². The van der Waals surface area contributed by atoms with Gasteiger partial charge in [0, 0.05) is 16.8 Å². The van der Waals surface area contributed by atoms with E-state index in [1.807, 2.05) is 72.8 Å². The lowest BCUT2D eigenvalue weighted by atomic mass is 9.96. The first-order valence-corrected chi connectivity index (χ1v) is 8.48. The SMILES string of the molecule is Bc1ccc(Nc2nc(-c3ccccc3)nc(-c3ccccc3)n2)cc1. The van der Waals surface area contributed by atoms with Crippen molar-refractivity contribution in [1.29, 1.82) is 0 Å². The summed E-state index contributed by atoms with van der Waals surface area (Å²) < 4.78 is 0. The molecule has 0 saturated carbocycles. The van der Waals surface area contributed by atoms with Crippen LogP contribution in [0.1, 0.15) is 0 Å². The van der Waals surface area contributed by atoms with E-state index in [0.717, 1.165) is 16.8 Å². The molecule has 0 aliphatic carbocycles. The Morgan fingerprint density at radius 3 is 1.58 bits per heavy atom. The number of rotatable bonds is 4. The molecule has 0 spiro atoms. The molecule has 4 nitrogen and oxygen atoms in total. The van der Waals surface area contributed by atoms with E-state index < -0.39 is 0 Å². The molecule has 0 bridgehead atoms. The number of anilines is 2. The van der Waals surface area contributed by atoms with Gasteiger partial charge in [-0.2, -0.15) is 9.97 Å². The minimum absolute atomic E-state index is 0.529. The van der Waals surface area contributed by atoms with E-state index in [-0.39, 0.29) is 0 Å². The Hall–Kier alpha value is -3.47.